The summed E-state index contributed by atoms with van der Waals surface area (Å²) in [6.07, 6.45) is -0.853. The van der Waals surface area contributed by atoms with Crippen LogP contribution in [0.2, 0.25) is 0 Å². The van der Waals surface area contributed by atoms with Gasteiger partial charge in [-0.15, -0.1) is 0 Å². The van der Waals surface area contributed by atoms with Crippen LogP contribution in [-0.4, -0.2) is 21.8 Å². The molecule has 0 aliphatic rings. The topological polar surface area (TPSA) is 71.5 Å². The Morgan fingerprint density at radius 2 is 1.96 bits per heavy atom. The summed E-state index contributed by atoms with van der Waals surface area (Å²) in [4.78, 5) is 15.8. The van der Waals surface area contributed by atoms with E-state index in [2.05, 4.69) is 26.2 Å². The van der Waals surface area contributed by atoms with Gasteiger partial charge in [0.15, 0.2) is 0 Å². The van der Waals surface area contributed by atoms with Crippen LogP contribution in [0, 0.1) is 5.95 Å². The van der Waals surface area contributed by atoms with Crippen molar-refractivity contribution in [2.24, 2.45) is 0 Å². The highest BCUT2D eigenvalue weighted by Crippen LogP contribution is 2.32. The van der Waals surface area contributed by atoms with Gasteiger partial charge in [0.05, 0.1) is 6.04 Å². The van der Waals surface area contributed by atoms with Gasteiger partial charge in [-0.25, -0.2) is 14.2 Å². The largest absolute Gasteiger partial charge is 0.444 e. The van der Waals surface area contributed by atoms with E-state index in [9.17, 15) is 18.7 Å². The molecule has 2 N–H and O–H groups in total. The minimum absolute atomic E-state index is 0.0164. The van der Waals surface area contributed by atoms with Gasteiger partial charge in [0, 0.05) is 16.2 Å². The molecule has 0 unspecified atom stereocenters. The molecule has 0 aliphatic heterocycles. The maximum absolute atomic E-state index is 14.3. The van der Waals surface area contributed by atoms with Crippen molar-refractivity contribution in [3.8, 4) is 0 Å². The van der Waals surface area contributed by atoms with Crippen LogP contribution in [0.25, 0.3) is 0 Å². The first kappa shape index (κ1) is 21.2. The first-order valence-corrected chi connectivity index (χ1v) is 9.03. The zero-order valence-electron chi connectivity index (χ0n) is 15.2. The van der Waals surface area contributed by atoms with Crippen molar-refractivity contribution in [1.29, 1.82) is 0 Å². The highest BCUT2D eigenvalue weighted by atomic mass is 79.9. The maximum Gasteiger partial charge on any atom is 0.408 e. The number of aliphatic hydroxyl groups excluding tert-OH is 1. The van der Waals surface area contributed by atoms with E-state index in [4.69, 9.17) is 4.74 Å². The molecule has 1 heterocycles. The number of amides is 1. The van der Waals surface area contributed by atoms with Gasteiger partial charge in [-0.3, -0.25) is 0 Å². The molecule has 2 aromatic rings. The molecule has 1 amide bonds. The lowest BCUT2D eigenvalue weighted by atomic mass is 9.96. The number of alkyl carbamates (subject to hydrolysis) is 1. The van der Waals surface area contributed by atoms with Gasteiger partial charge in [0.2, 0.25) is 5.95 Å². The van der Waals surface area contributed by atoms with Crippen molar-refractivity contribution in [2.75, 3.05) is 0 Å². The zero-order valence-corrected chi connectivity index (χ0v) is 16.8. The Hall–Kier alpha value is -2.06. The van der Waals surface area contributed by atoms with Crippen LogP contribution in [0.4, 0.5) is 13.6 Å². The van der Waals surface area contributed by atoms with Crippen LogP contribution in [-0.2, 0) is 11.4 Å². The van der Waals surface area contributed by atoms with E-state index in [1.54, 1.807) is 20.8 Å². The van der Waals surface area contributed by atoms with Gasteiger partial charge in [-0.2, -0.15) is 4.39 Å². The number of pyridine rings is 1. The molecule has 2 atom stereocenters. The van der Waals surface area contributed by atoms with Gasteiger partial charge in [-0.1, -0.05) is 24.3 Å². The molecule has 1 aromatic carbocycles. The van der Waals surface area contributed by atoms with Crippen LogP contribution in [0.15, 0.2) is 41.0 Å². The molecule has 27 heavy (non-hydrogen) atoms. The fraction of sp³-hybridized carbons (Fsp3) is 0.368. The average molecular weight is 443 g/mol. The number of rotatable bonds is 5. The highest BCUT2D eigenvalue weighted by molar-refractivity contribution is 9.10. The quantitative estimate of drug-likeness (QED) is 0.655. The zero-order chi connectivity index (χ0) is 20.2. The second-order valence-electron chi connectivity index (χ2n) is 6.98. The Morgan fingerprint density at radius 3 is 2.52 bits per heavy atom. The minimum Gasteiger partial charge on any atom is -0.444 e. The van der Waals surface area contributed by atoms with Crippen LogP contribution in [0.3, 0.4) is 0 Å². The second kappa shape index (κ2) is 8.75. The molecular weight excluding hydrogens is 422 g/mol. The molecule has 0 spiro atoms. The number of aromatic nitrogens is 1. The first-order chi connectivity index (χ1) is 12.6. The summed E-state index contributed by atoms with van der Waals surface area (Å²) in [7, 11) is 0. The molecule has 0 bridgehead atoms. The monoisotopic (exact) mass is 442 g/mol. The third kappa shape index (κ3) is 5.97. The Kier molecular flexibility index (Phi) is 6.89. The van der Waals surface area contributed by atoms with Crippen molar-refractivity contribution < 1.29 is 23.4 Å². The maximum atomic E-state index is 14.3. The van der Waals surface area contributed by atoms with Gasteiger partial charge >= 0.3 is 6.09 Å². The standard InChI is InChI=1S/C19H21BrF2N2O3/c1-19(2,3)27-18(26)24-15(14-8-13(20)10-23-17(14)22)16(25)12-6-4-11(9-21)5-7-12/h4-8,10,15-16,25H,9H2,1-3H3,(H,24,26)/t15-,16-/m1/s1. The lowest BCUT2D eigenvalue weighted by Crippen LogP contribution is -2.37. The Morgan fingerprint density at radius 1 is 1.33 bits per heavy atom. The number of nitrogens with one attached hydrogen (secondary N) is 1. The van der Waals surface area contributed by atoms with E-state index in [-0.39, 0.29) is 5.56 Å². The summed E-state index contributed by atoms with van der Waals surface area (Å²) in [6.45, 7) is 4.43. The van der Waals surface area contributed by atoms with E-state index < -0.39 is 36.5 Å². The number of aliphatic hydroxyl groups is 1. The number of carbonyl (C=O) groups excluding carboxylic acids is 1. The molecule has 0 fully saturated rings. The lowest BCUT2D eigenvalue weighted by Gasteiger charge is -2.27. The predicted octanol–water partition coefficient (Wildman–Crippen LogP) is 4.75. The fourth-order valence-corrected chi connectivity index (χ4v) is 2.76. The first-order valence-electron chi connectivity index (χ1n) is 8.24. The van der Waals surface area contributed by atoms with Gasteiger partial charge in [0.1, 0.15) is 18.4 Å². The number of hydrogen-bond donors (Lipinski definition) is 2. The third-order valence-corrected chi connectivity index (χ3v) is 4.07. The van der Waals surface area contributed by atoms with Crippen LogP contribution < -0.4 is 5.32 Å². The number of benzene rings is 1. The number of nitrogens with zero attached hydrogens (tertiary/aromatic N) is 1. The molecule has 0 saturated heterocycles. The summed E-state index contributed by atoms with van der Waals surface area (Å²) in [5, 5.41) is 13.3. The molecule has 2 rings (SSSR count). The number of carbonyl (C=O) groups is 1. The third-order valence-electron chi connectivity index (χ3n) is 3.63. The van der Waals surface area contributed by atoms with E-state index in [1.807, 2.05) is 0 Å². The summed E-state index contributed by atoms with van der Waals surface area (Å²) in [5.41, 5.74) is 0.0408. The minimum atomic E-state index is -1.31. The normalized spacial score (nSPS) is 13.7. The summed E-state index contributed by atoms with van der Waals surface area (Å²) in [6, 6.07) is 6.32. The summed E-state index contributed by atoms with van der Waals surface area (Å²) < 4.78 is 32.7. The van der Waals surface area contributed by atoms with Gasteiger partial charge < -0.3 is 15.2 Å². The Bertz CT molecular complexity index is 795. The predicted molar refractivity (Wildman–Crippen MR) is 100 cm³/mol. The van der Waals surface area contributed by atoms with Gasteiger partial charge in [0.25, 0.3) is 0 Å². The molecule has 5 nitrogen and oxygen atoms in total. The van der Waals surface area contributed by atoms with E-state index in [1.165, 1.54) is 36.5 Å². The van der Waals surface area contributed by atoms with Crippen molar-refractivity contribution in [3.05, 3.63) is 63.6 Å². The number of hydrogen-bond acceptors (Lipinski definition) is 4. The second-order valence-corrected chi connectivity index (χ2v) is 7.89. The molecule has 1 aromatic heterocycles. The van der Waals surface area contributed by atoms with Crippen LogP contribution in [0.5, 0.6) is 0 Å². The van der Waals surface area contributed by atoms with Gasteiger partial charge in [-0.05, 0) is 53.9 Å². The molecular formula is C19H21BrF2N2O3. The van der Waals surface area contributed by atoms with Crippen LogP contribution in [0.1, 0.15) is 49.6 Å². The molecule has 146 valence electrons. The lowest BCUT2D eigenvalue weighted by molar-refractivity contribution is 0.0416. The average Bonchev–Trinajstić information content (AvgIpc) is 2.60. The Balaban J connectivity index is 2.38. The van der Waals surface area contributed by atoms with E-state index in [0.717, 1.165) is 0 Å². The van der Waals surface area contributed by atoms with Crippen molar-refractivity contribution >= 4 is 22.0 Å². The molecule has 8 heteroatoms. The number of alkyl halides is 1. The summed E-state index contributed by atoms with van der Waals surface area (Å²) in [5.74, 6) is -0.835. The number of ether oxygens (including phenoxy) is 1. The fourth-order valence-electron chi connectivity index (χ4n) is 2.41. The Labute approximate surface area is 164 Å². The van der Waals surface area contributed by atoms with E-state index >= 15 is 0 Å². The SMILES string of the molecule is CC(C)(C)OC(=O)N[C@H](c1cc(Br)cnc1F)[C@H](O)c1ccc(CF)cc1. The highest BCUT2D eigenvalue weighted by Gasteiger charge is 2.30. The molecule has 0 radical (unpaired) electrons. The van der Waals surface area contributed by atoms with Crippen molar-refractivity contribution in [3.63, 3.8) is 0 Å². The smallest absolute Gasteiger partial charge is 0.408 e. The molecule has 0 saturated carbocycles. The van der Waals surface area contributed by atoms with Crippen molar-refractivity contribution in [1.82, 2.24) is 10.3 Å². The van der Waals surface area contributed by atoms with Crippen LogP contribution >= 0.6 is 15.9 Å². The number of halogens is 3. The molecule has 0 aliphatic carbocycles. The van der Waals surface area contributed by atoms with Crippen molar-refractivity contribution in [2.45, 2.75) is 45.2 Å². The van der Waals surface area contributed by atoms with E-state index in [0.29, 0.717) is 15.6 Å². The summed E-state index contributed by atoms with van der Waals surface area (Å²) >= 11 is 3.21.